The number of hydrogen-bond acceptors (Lipinski definition) is 3. The van der Waals surface area contributed by atoms with Gasteiger partial charge in [-0.15, -0.1) is 0 Å². The van der Waals surface area contributed by atoms with Crippen molar-refractivity contribution in [3.05, 3.63) is 35.9 Å². The van der Waals surface area contributed by atoms with Crippen LogP contribution in [0.25, 0.3) is 0 Å². The first kappa shape index (κ1) is 17.0. The van der Waals surface area contributed by atoms with Crippen LogP contribution in [0.3, 0.4) is 0 Å². The Morgan fingerprint density at radius 3 is 2.41 bits per heavy atom. The fourth-order valence-corrected chi connectivity index (χ4v) is 3.17. The van der Waals surface area contributed by atoms with Crippen LogP contribution >= 0.6 is 0 Å². The highest BCUT2D eigenvalue weighted by molar-refractivity contribution is 5.82. The Morgan fingerprint density at radius 1 is 1.18 bits per heavy atom. The number of benzene rings is 1. The zero-order valence-corrected chi connectivity index (χ0v) is 13.9. The Morgan fingerprint density at radius 2 is 1.82 bits per heavy atom. The number of nitrogens with zero attached hydrogens (tertiary/aromatic N) is 2. The van der Waals surface area contributed by atoms with Gasteiger partial charge in [-0.3, -0.25) is 9.69 Å². The molecule has 4 nitrogen and oxygen atoms in total. The molecule has 1 unspecified atom stereocenters. The summed E-state index contributed by atoms with van der Waals surface area (Å²) in [4.78, 5) is 17.3. The highest BCUT2D eigenvalue weighted by Crippen LogP contribution is 2.13. The smallest absolute Gasteiger partial charge is 0.240 e. The van der Waals surface area contributed by atoms with Crippen LogP contribution in [0.15, 0.2) is 30.3 Å². The first-order valence-electron chi connectivity index (χ1n) is 8.53. The Bertz CT molecular complexity index is 439. The van der Waals surface area contributed by atoms with Crippen molar-refractivity contribution in [1.82, 2.24) is 15.1 Å². The third kappa shape index (κ3) is 4.55. The second-order valence-electron chi connectivity index (χ2n) is 5.84. The Kier molecular flexibility index (Phi) is 6.87. The molecular formula is C18H29N3O. The summed E-state index contributed by atoms with van der Waals surface area (Å²) in [7, 11) is 0. The fourth-order valence-electron chi connectivity index (χ4n) is 3.17. The first-order chi connectivity index (χ1) is 10.8. The molecule has 1 saturated heterocycles. The molecule has 1 heterocycles. The van der Waals surface area contributed by atoms with E-state index in [1.807, 2.05) is 11.0 Å². The van der Waals surface area contributed by atoms with Crippen molar-refractivity contribution in [1.29, 1.82) is 0 Å². The summed E-state index contributed by atoms with van der Waals surface area (Å²) in [5, 5.41) is 3.32. The molecule has 1 aromatic carbocycles. The van der Waals surface area contributed by atoms with Crippen LogP contribution in [0.4, 0.5) is 0 Å². The van der Waals surface area contributed by atoms with E-state index in [1.165, 1.54) is 5.56 Å². The largest absolute Gasteiger partial charge is 0.339 e. The second-order valence-corrected chi connectivity index (χ2v) is 5.84. The minimum absolute atomic E-state index is 0.00769. The maximum Gasteiger partial charge on any atom is 0.240 e. The van der Waals surface area contributed by atoms with E-state index in [0.29, 0.717) is 5.91 Å². The summed E-state index contributed by atoms with van der Waals surface area (Å²) in [5.41, 5.74) is 1.31. The van der Waals surface area contributed by atoms with E-state index >= 15 is 0 Å². The quantitative estimate of drug-likeness (QED) is 0.834. The zero-order chi connectivity index (χ0) is 15.8. The molecule has 122 valence electrons. The molecule has 22 heavy (non-hydrogen) atoms. The normalized spacial score (nSPS) is 16.8. The molecule has 1 aromatic rings. The van der Waals surface area contributed by atoms with Gasteiger partial charge in [0.05, 0.1) is 6.04 Å². The van der Waals surface area contributed by atoms with Gasteiger partial charge in [0.15, 0.2) is 0 Å². The highest BCUT2D eigenvalue weighted by Gasteiger charge is 2.28. The predicted octanol–water partition coefficient (Wildman–Crippen LogP) is 1.76. The maximum atomic E-state index is 12.9. The Hall–Kier alpha value is -1.39. The molecule has 1 fully saturated rings. The van der Waals surface area contributed by atoms with Crippen LogP contribution in [0.5, 0.6) is 0 Å². The molecule has 1 atom stereocenters. The number of carbonyl (C=O) groups is 1. The van der Waals surface area contributed by atoms with Gasteiger partial charge in [-0.25, -0.2) is 0 Å². The molecule has 4 heteroatoms. The number of likely N-dealkylation sites (N-methyl/N-ethyl adjacent to an activating group) is 1. The van der Waals surface area contributed by atoms with Gasteiger partial charge in [0.1, 0.15) is 0 Å². The lowest BCUT2D eigenvalue weighted by Crippen LogP contribution is -2.54. The van der Waals surface area contributed by atoms with Crippen molar-refractivity contribution in [2.45, 2.75) is 32.7 Å². The average molecular weight is 303 g/mol. The molecule has 0 aliphatic carbocycles. The van der Waals surface area contributed by atoms with Crippen molar-refractivity contribution in [3.63, 3.8) is 0 Å². The molecule has 0 aromatic heterocycles. The lowest BCUT2D eigenvalue weighted by atomic mass is 10.0. The highest BCUT2D eigenvalue weighted by atomic mass is 16.2. The van der Waals surface area contributed by atoms with Gasteiger partial charge in [0.25, 0.3) is 0 Å². The first-order valence-corrected chi connectivity index (χ1v) is 8.53. The third-order valence-corrected chi connectivity index (χ3v) is 4.52. The molecule has 0 radical (unpaired) electrons. The van der Waals surface area contributed by atoms with Crippen molar-refractivity contribution in [3.8, 4) is 0 Å². The Balaban J connectivity index is 2.03. The molecule has 1 aliphatic heterocycles. The van der Waals surface area contributed by atoms with Gasteiger partial charge in [0, 0.05) is 26.2 Å². The van der Waals surface area contributed by atoms with Crippen molar-refractivity contribution >= 4 is 5.91 Å². The van der Waals surface area contributed by atoms with Crippen LogP contribution in [-0.2, 0) is 11.2 Å². The minimum atomic E-state index is 0.00769. The standard InChI is InChI=1S/C18H29N3O/c1-3-20(4-2)17(11-10-16-8-6-5-7-9-16)18(22)21-14-12-19-13-15-21/h5-9,17,19H,3-4,10-15H2,1-2H3. The number of hydrogen-bond donors (Lipinski definition) is 1. The molecule has 1 N–H and O–H groups in total. The van der Waals surface area contributed by atoms with Gasteiger partial charge in [-0.1, -0.05) is 44.2 Å². The van der Waals surface area contributed by atoms with Gasteiger partial charge in [0.2, 0.25) is 5.91 Å². The second kappa shape index (κ2) is 8.91. The number of piperazine rings is 1. The van der Waals surface area contributed by atoms with E-state index in [9.17, 15) is 4.79 Å². The summed E-state index contributed by atoms with van der Waals surface area (Å²) < 4.78 is 0. The number of aryl methyl sites for hydroxylation is 1. The van der Waals surface area contributed by atoms with Crippen LogP contribution in [0.2, 0.25) is 0 Å². The monoisotopic (exact) mass is 303 g/mol. The molecular weight excluding hydrogens is 274 g/mol. The van der Waals surface area contributed by atoms with Crippen LogP contribution in [-0.4, -0.2) is 61.0 Å². The summed E-state index contributed by atoms with van der Waals surface area (Å²) >= 11 is 0. The average Bonchev–Trinajstić information content (AvgIpc) is 2.59. The third-order valence-electron chi connectivity index (χ3n) is 4.52. The van der Waals surface area contributed by atoms with Gasteiger partial charge in [-0.05, 0) is 31.5 Å². The Labute approximate surface area is 134 Å². The van der Waals surface area contributed by atoms with E-state index < -0.39 is 0 Å². The van der Waals surface area contributed by atoms with Gasteiger partial charge >= 0.3 is 0 Å². The van der Waals surface area contributed by atoms with E-state index in [-0.39, 0.29) is 6.04 Å². The van der Waals surface area contributed by atoms with E-state index in [1.54, 1.807) is 0 Å². The summed E-state index contributed by atoms with van der Waals surface area (Å²) in [5.74, 6) is 0.307. The lowest BCUT2D eigenvalue weighted by molar-refractivity contribution is -0.137. The van der Waals surface area contributed by atoms with Gasteiger partial charge < -0.3 is 10.2 Å². The van der Waals surface area contributed by atoms with E-state index in [4.69, 9.17) is 0 Å². The fraction of sp³-hybridized carbons (Fsp3) is 0.611. The predicted molar refractivity (Wildman–Crippen MR) is 90.9 cm³/mol. The number of nitrogens with one attached hydrogen (secondary N) is 1. The molecule has 0 bridgehead atoms. The maximum absolute atomic E-state index is 12.9. The van der Waals surface area contributed by atoms with Gasteiger partial charge in [-0.2, -0.15) is 0 Å². The number of rotatable bonds is 7. The lowest BCUT2D eigenvalue weighted by Gasteiger charge is -2.35. The SMILES string of the molecule is CCN(CC)C(CCc1ccccc1)C(=O)N1CCNCC1. The molecule has 1 aliphatic rings. The van der Waals surface area contributed by atoms with Crippen LogP contribution in [0.1, 0.15) is 25.8 Å². The van der Waals surface area contributed by atoms with E-state index in [0.717, 1.165) is 52.1 Å². The molecule has 0 spiro atoms. The molecule has 0 saturated carbocycles. The van der Waals surface area contributed by atoms with Crippen molar-refractivity contribution in [2.75, 3.05) is 39.3 Å². The molecule has 1 amide bonds. The van der Waals surface area contributed by atoms with Crippen molar-refractivity contribution in [2.24, 2.45) is 0 Å². The van der Waals surface area contributed by atoms with E-state index in [2.05, 4.69) is 48.3 Å². The minimum Gasteiger partial charge on any atom is -0.339 e. The zero-order valence-electron chi connectivity index (χ0n) is 13.9. The number of amides is 1. The topological polar surface area (TPSA) is 35.6 Å². The van der Waals surface area contributed by atoms with Crippen LogP contribution in [0, 0.1) is 0 Å². The summed E-state index contributed by atoms with van der Waals surface area (Å²) in [6.45, 7) is 9.63. The van der Waals surface area contributed by atoms with Crippen LogP contribution < -0.4 is 5.32 Å². The number of carbonyl (C=O) groups excluding carboxylic acids is 1. The summed E-state index contributed by atoms with van der Waals surface area (Å²) in [6, 6.07) is 10.5. The van der Waals surface area contributed by atoms with Crippen molar-refractivity contribution < 1.29 is 4.79 Å². The summed E-state index contributed by atoms with van der Waals surface area (Å²) in [6.07, 6.45) is 1.86. The molecule has 2 rings (SSSR count).